The van der Waals surface area contributed by atoms with Crippen LogP contribution in [0.2, 0.25) is 5.15 Å². The molecule has 0 spiro atoms. The Labute approximate surface area is 117 Å². The van der Waals surface area contributed by atoms with E-state index in [4.69, 9.17) is 11.6 Å². The standard InChI is InChI=1S/C12H17ClN4O2/c1-4-17(5-10(19)16-8(2)3)12-9(6-18)11(13)14-7-15-12/h6-8H,4-5H2,1-3H3,(H,16,19). The molecular weight excluding hydrogens is 268 g/mol. The van der Waals surface area contributed by atoms with Crippen LogP contribution in [0.4, 0.5) is 5.82 Å². The Morgan fingerprint density at radius 2 is 2.21 bits per heavy atom. The molecule has 0 aliphatic rings. The van der Waals surface area contributed by atoms with Gasteiger partial charge in [0.2, 0.25) is 5.91 Å². The molecule has 104 valence electrons. The van der Waals surface area contributed by atoms with Crippen LogP contribution in [0.1, 0.15) is 31.1 Å². The summed E-state index contributed by atoms with van der Waals surface area (Å²) < 4.78 is 0. The van der Waals surface area contributed by atoms with Gasteiger partial charge in [-0.15, -0.1) is 0 Å². The van der Waals surface area contributed by atoms with Crippen molar-refractivity contribution in [2.45, 2.75) is 26.8 Å². The number of likely N-dealkylation sites (N-methyl/N-ethyl adjacent to an activating group) is 1. The number of hydrogen-bond acceptors (Lipinski definition) is 5. The largest absolute Gasteiger partial charge is 0.352 e. The first-order valence-corrected chi connectivity index (χ1v) is 6.37. The van der Waals surface area contributed by atoms with Crippen LogP contribution in [0.15, 0.2) is 6.33 Å². The fourth-order valence-electron chi connectivity index (χ4n) is 1.60. The normalized spacial score (nSPS) is 10.4. The Bertz CT molecular complexity index is 465. The first-order chi connectivity index (χ1) is 8.99. The summed E-state index contributed by atoms with van der Waals surface area (Å²) in [6, 6.07) is 0.0609. The van der Waals surface area contributed by atoms with Gasteiger partial charge >= 0.3 is 0 Å². The van der Waals surface area contributed by atoms with Crippen LogP contribution in [-0.4, -0.2) is 41.3 Å². The van der Waals surface area contributed by atoms with Crippen LogP contribution in [-0.2, 0) is 4.79 Å². The first kappa shape index (κ1) is 15.4. The van der Waals surface area contributed by atoms with Crippen LogP contribution >= 0.6 is 11.6 Å². The summed E-state index contributed by atoms with van der Waals surface area (Å²) in [5.74, 6) is 0.236. The van der Waals surface area contributed by atoms with Crippen LogP contribution in [0.25, 0.3) is 0 Å². The summed E-state index contributed by atoms with van der Waals surface area (Å²) in [7, 11) is 0. The van der Waals surface area contributed by atoms with E-state index < -0.39 is 0 Å². The second kappa shape index (κ2) is 7.04. The second-order valence-corrected chi connectivity index (χ2v) is 4.61. The zero-order chi connectivity index (χ0) is 14.4. The van der Waals surface area contributed by atoms with E-state index in [1.807, 2.05) is 20.8 Å². The molecule has 1 heterocycles. The third-order valence-electron chi connectivity index (χ3n) is 2.40. The fourth-order valence-corrected chi connectivity index (χ4v) is 1.77. The summed E-state index contributed by atoms with van der Waals surface area (Å²) in [5.41, 5.74) is 0.198. The highest BCUT2D eigenvalue weighted by Crippen LogP contribution is 2.20. The van der Waals surface area contributed by atoms with Gasteiger partial charge in [-0.05, 0) is 20.8 Å². The molecule has 0 saturated heterocycles. The summed E-state index contributed by atoms with van der Waals surface area (Å²) in [6.45, 7) is 6.27. The summed E-state index contributed by atoms with van der Waals surface area (Å²) in [5, 5.41) is 2.87. The minimum atomic E-state index is -0.136. The quantitative estimate of drug-likeness (QED) is 0.629. The number of nitrogens with one attached hydrogen (secondary N) is 1. The van der Waals surface area contributed by atoms with Crippen molar-refractivity contribution in [3.63, 3.8) is 0 Å². The SMILES string of the molecule is CCN(CC(=O)NC(C)C)c1ncnc(Cl)c1C=O. The predicted octanol–water partition coefficient (Wildman–Crippen LogP) is 1.29. The zero-order valence-corrected chi connectivity index (χ0v) is 11.9. The molecule has 0 bridgehead atoms. The summed E-state index contributed by atoms with van der Waals surface area (Å²) >= 11 is 5.84. The second-order valence-electron chi connectivity index (χ2n) is 4.26. The smallest absolute Gasteiger partial charge is 0.239 e. The molecule has 0 aliphatic heterocycles. The lowest BCUT2D eigenvalue weighted by atomic mass is 10.3. The van der Waals surface area contributed by atoms with Crippen molar-refractivity contribution in [1.29, 1.82) is 0 Å². The van der Waals surface area contributed by atoms with Gasteiger partial charge in [-0.25, -0.2) is 9.97 Å². The zero-order valence-electron chi connectivity index (χ0n) is 11.2. The van der Waals surface area contributed by atoms with E-state index in [2.05, 4.69) is 15.3 Å². The number of aldehydes is 1. The van der Waals surface area contributed by atoms with Crippen LogP contribution in [0.3, 0.4) is 0 Å². The van der Waals surface area contributed by atoms with Gasteiger partial charge in [0.05, 0.1) is 12.1 Å². The molecule has 0 unspecified atom stereocenters. The van der Waals surface area contributed by atoms with Gasteiger partial charge in [0, 0.05) is 12.6 Å². The number of carbonyl (C=O) groups excluding carboxylic acids is 2. The van der Waals surface area contributed by atoms with Crippen molar-refractivity contribution < 1.29 is 9.59 Å². The van der Waals surface area contributed by atoms with E-state index >= 15 is 0 Å². The van der Waals surface area contributed by atoms with E-state index in [1.54, 1.807) is 4.90 Å². The average molecular weight is 285 g/mol. The highest BCUT2D eigenvalue weighted by atomic mass is 35.5. The molecule has 0 aliphatic carbocycles. The number of nitrogens with zero attached hydrogens (tertiary/aromatic N) is 3. The van der Waals surface area contributed by atoms with Crippen molar-refractivity contribution in [3.05, 3.63) is 17.0 Å². The maximum atomic E-state index is 11.8. The Morgan fingerprint density at radius 1 is 1.53 bits per heavy atom. The Balaban J connectivity index is 2.94. The van der Waals surface area contributed by atoms with Gasteiger partial charge in [0.15, 0.2) is 6.29 Å². The van der Waals surface area contributed by atoms with Gasteiger partial charge in [0.25, 0.3) is 0 Å². The van der Waals surface area contributed by atoms with Crippen molar-refractivity contribution >= 4 is 29.6 Å². The van der Waals surface area contributed by atoms with Gasteiger partial charge in [0.1, 0.15) is 17.3 Å². The molecule has 1 aromatic rings. The lowest BCUT2D eigenvalue weighted by Gasteiger charge is -2.23. The predicted molar refractivity (Wildman–Crippen MR) is 73.6 cm³/mol. The molecule has 19 heavy (non-hydrogen) atoms. The minimum absolute atomic E-state index is 0.0609. The number of aromatic nitrogens is 2. The van der Waals surface area contributed by atoms with Gasteiger partial charge in [-0.3, -0.25) is 9.59 Å². The van der Waals surface area contributed by atoms with Crippen molar-refractivity contribution in [3.8, 4) is 0 Å². The van der Waals surface area contributed by atoms with E-state index in [0.717, 1.165) is 0 Å². The highest BCUT2D eigenvalue weighted by molar-refractivity contribution is 6.32. The highest BCUT2D eigenvalue weighted by Gasteiger charge is 2.17. The monoisotopic (exact) mass is 284 g/mol. The van der Waals surface area contributed by atoms with E-state index in [0.29, 0.717) is 18.6 Å². The third kappa shape index (κ3) is 4.17. The minimum Gasteiger partial charge on any atom is -0.352 e. The number of halogens is 1. The molecule has 0 aromatic carbocycles. The molecule has 1 N–H and O–H groups in total. The average Bonchev–Trinajstić information content (AvgIpc) is 2.34. The molecular formula is C12H17ClN4O2. The topological polar surface area (TPSA) is 75.2 Å². The molecule has 1 aromatic heterocycles. The number of rotatable bonds is 6. The summed E-state index contributed by atoms with van der Waals surface area (Å²) in [6.07, 6.45) is 1.87. The maximum Gasteiger partial charge on any atom is 0.239 e. The lowest BCUT2D eigenvalue weighted by molar-refractivity contribution is -0.120. The van der Waals surface area contributed by atoms with Gasteiger partial charge in [-0.1, -0.05) is 11.6 Å². The molecule has 6 nitrogen and oxygen atoms in total. The fraction of sp³-hybridized carbons (Fsp3) is 0.500. The number of carbonyl (C=O) groups is 2. The number of hydrogen-bond donors (Lipinski definition) is 1. The van der Waals surface area contributed by atoms with E-state index in [9.17, 15) is 9.59 Å². The molecule has 0 fully saturated rings. The molecule has 0 saturated carbocycles. The van der Waals surface area contributed by atoms with Crippen LogP contribution in [0, 0.1) is 0 Å². The molecule has 0 atom stereocenters. The van der Waals surface area contributed by atoms with Gasteiger partial charge in [-0.2, -0.15) is 0 Å². The third-order valence-corrected chi connectivity index (χ3v) is 2.70. The molecule has 1 amide bonds. The Kier molecular flexibility index (Phi) is 5.69. The van der Waals surface area contributed by atoms with Crippen molar-refractivity contribution in [1.82, 2.24) is 15.3 Å². The summed E-state index contributed by atoms with van der Waals surface area (Å²) in [4.78, 5) is 32.3. The first-order valence-electron chi connectivity index (χ1n) is 5.99. The number of anilines is 1. The van der Waals surface area contributed by atoms with Crippen LogP contribution < -0.4 is 10.2 Å². The maximum absolute atomic E-state index is 11.8. The van der Waals surface area contributed by atoms with E-state index in [1.165, 1.54) is 6.33 Å². The van der Waals surface area contributed by atoms with Crippen molar-refractivity contribution in [2.24, 2.45) is 0 Å². The lowest BCUT2D eigenvalue weighted by Crippen LogP contribution is -2.40. The molecule has 1 rings (SSSR count). The number of amides is 1. The van der Waals surface area contributed by atoms with Crippen LogP contribution in [0.5, 0.6) is 0 Å². The van der Waals surface area contributed by atoms with E-state index in [-0.39, 0.29) is 29.2 Å². The Morgan fingerprint density at radius 3 is 2.74 bits per heavy atom. The molecule has 7 heteroatoms. The van der Waals surface area contributed by atoms with Gasteiger partial charge < -0.3 is 10.2 Å². The molecule has 0 radical (unpaired) electrons. The van der Waals surface area contributed by atoms with Crippen molar-refractivity contribution in [2.75, 3.05) is 18.0 Å². The Hall–Kier alpha value is -1.69.